The van der Waals surface area contributed by atoms with Crippen LogP contribution in [0.25, 0.3) is 0 Å². The average molecular weight is 241 g/mol. The van der Waals surface area contributed by atoms with E-state index >= 15 is 0 Å². The van der Waals surface area contributed by atoms with E-state index in [0.29, 0.717) is 12.1 Å². The third-order valence-corrected chi connectivity index (χ3v) is 3.62. The fourth-order valence-corrected chi connectivity index (χ4v) is 3.25. The molecule has 2 aliphatic heterocycles. The second-order valence-electron chi connectivity index (χ2n) is 4.20. The summed E-state index contributed by atoms with van der Waals surface area (Å²) in [5.41, 5.74) is 0. The first-order chi connectivity index (χ1) is 6.03. The Kier molecular flexibility index (Phi) is 3.80. The quantitative estimate of drug-likeness (QED) is 0.727. The maximum Gasteiger partial charge on any atom is 0.208 e. The molecule has 2 aliphatic rings. The number of sulfonamides is 1. The zero-order valence-corrected chi connectivity index (χ0v) is 9.83. The fraction of sp³-hybridized carbons (Fsp3) is 1.00. The molecule has 0 aromatic heterocycles. The van der Waals surface area contributed by atoms with E-state index in [4.69, 9.17) is 0 Å². The van der Waals surface area contributed by atoms with Gasteiger partial charge in [0.1, 0.15) is 0 Å². The van der Waals surface area contributed by atoms with Gasteiger partial charge in [-0.15, -0.1) is 12.4 Å². The summed E-state index contributed by atoms with van der Waals surface area (Å²) in [6.45, 7) is 0. The number of rotatable bonds is 2. The molecule has 0 radical (unpaired) electrons. The van der Waals surface area contributed by atoms with Crippen molar-refractivity contribution in [1.29, 1.82) is 0 Å². The molecule has 2 unspecified atom stereocenters. The molecule has 6 heteroatoms. The van der Waals surface area contributed by atoms with E-state index in [9.17, 15) is 8.42 Å². The summed E-state index contributed by atoms with van der Waals surface area (Å²) in [5.74, 6) is 0. The van der Waals surface area contributed by atoms with Gasteiger partial charge in [-0.2, -0.15) is 0 Å². The highest BCUT2D eigenvalue weighted by atomic mass is 35.5. The third kappa shape index (κ3) is 3.08. The highest BCUT2D eigenvalue weighted by Gasteiger charge is 2.34. The zero-order chi connectivity index (χ0) is 9.47. The molecule has 2 saturated heterocycles. The van der Waals surface area contributed by atoms with Crippen molar-refractivity contribution < 1.29 is 8.42 Å². The summed E-state index contributed by atoms with van der Waals surface area (Å²) in [7, 11) is -3.02. The Bertz CT molecular complexity index is 282. The molecule has 2 N–H and O–H groups in total. The number of halogens is 1. The third-order valence-electron chi connectivity index (χ3n) is 2.85. The molecule has 14 heavy (non-hydrogen) atoms. The van der Waals surface area contributed by atoms with Gasteiger partial charge in [-0.05, 0) is 25.7 Å². The van der Waals surface area contributed by atoms with Crippen LogP contribution in [0.1, 0.15) is 25.7 Å². The minimum absolute atomic E-state index is 0. The highest BCUT2D eigenvalue weighted by Crippen LogP contribution is 2.26. The molecule has 0 amide bonds. The standard InChI is InChI=1S/C8H16N2O2S.ClH/c1-13(11,12)10-8-4-6-2-3-7(5-8)9-6;/h6-10H,2-5H2,1H3;1H. The van der Waals surface area contributed by atoms with Crippen LogP contribution in [-0.2, 0) is 10.0 Å². The minimum Gasteiger partial charge on any atom is -0.311 e. The molecule has 2 rings (SSSR count). The summed E-state index contributed by atoms with van der Waals surface area (Å²) in [6.07, 6.45) is 5.53. The second kappa shape index (κ2) is 4.35. The Hall–Kier alpha value is 0.160. The SMILES string of the molecule is CS(=O)(=O)NC1CC2CCC(C1)N2.Cl. The Labute approximate surface area is 91.3 Å². The van der Waals surface area contributed by atoms with Gasteiger partial charge >= 0.3 is 0 Å². The molecule has 0 aliphatic carbocycles. The van der Waals surface area contributed by atoms with Gasteiger partial charge in [-0.25, -0.2) is 13.1 Å². The van der Waals surface area contributed by atoms with Gasteiger partial charge in [0.05, 0.1) is 6.26 Å². The van der Waals surface area contributed by atoms with Crippen molar-refractivity contribution >= 4 is 22.4 Å². The van der Waals surface area contributed by atoms with Crippen molar-refractivity contribution in [3.05, 3.63) is 0 Å². The molecule has 2 bridgehead atoms. The van der Waals surface area contributed by atoms with E-state index in [2.05, 4.69) is 10.0 Å². The summed E-state index contributed by atoms with van der Waals surface area (Å²) in [5, 5.41) is 3.47. The van der Waals surface area contributed by atoms with Crippen LogP contribution in [0.3, 0.4) is 0 Å². The number of piperidine rings is 1. The van der Waals surface area contributed by atoms with Crippen molar-refractivity contribution in [1.82, 2.24) is 10.0 Å². The normalized spacial score (nSPS) is 36.5. The molecule has 0 spiro atoms. The molecule has 2 atom stereocenters. The second-order valence-corrected chi connectivity index (χ2v) is 5.98. The van der Waals surface area contributed by atoms with E-state index < -0.39 is 10.0 Å². The van der Waals surface area contributed by atoms with Gasteiger partial charge in [-0.3, -0.25) is 0 Å². The molecule has 4 nitrogen and oxygen atoms in total. The van der Waals surface area contributed by atoms with Gasteiger partial charge in [0, 0.05) is 18.1 Å². The molecule has 0 aromatic carbocycles. The molecule has 2 fully saturated rings. The van der Waals surface area contributed by atoms with Crippen LogP contribution >= 0.6 is 12.4 Å². The number of nitrogens with one attached hydrogen (secondary N) is 2. The van der Waals surface area contributed by atoms with Crippen LogP contribution in [0.15, 0.2) is 0 Å². The Morgan fingerprint density at radius 1 is 1.21 bits per heavy atom. The summed E-state index contributed by atoms with van der Waals surface area (Å²) < 4.78 is 24.7. The monoisotopic (exact) mass is 240 g/mol. The van der Waals surface area contributed by atoms with Crippen LogP contribution in [-0.4, -0.2) is 32.8 Å². The van der Waals surface area contributed by atoms with Crippen LogP contribution in [0.2, 0.25) is 0 Å². The Morgan fingerprint density at radius 3 is 2.14 bits per heavy atom. The van der Waals surface area contributed by atoms with Crippen LogP contribution in [0.4, 0.5) is 0 Å². The molecule has 84 valence electrons. The minimum atomic E-state index is -3.02. The largest absolute Gasteiger partial charge is 0.311 e. The predicted octanol–water partition coefficient (Wildman–Crippen LogP) is 0.240. The predicted molar refractivity (Wildman–Crippen MR) is 58.2 cm³/mol. The average Bonchev–Trinajstić information content (AvgIpc) is 2.27. The van der Waals surface area contributed by atoms with Gasteiger partial charge in [0.25, 0.3) is 0 Å². The van der Waals surface area contributed by atoms with E-state index in [1.54, 1.807) is 0 Å². The highest BCUT2D eigenvalue weighted by molar-refractivity contribution is 7.88. The van der Waals surface area contributed by atoms with Crippen molar-refractivity contribution in [3.8, 4) is 0 Å². The Balaban J connectivity index is 0.000000980. The van der Waals surface area contributed by atoms with Crippen molar-refractivity contribution in [2.45, 2.75) is 43.8 Å². The molecular weight excluding hydrogens is 224 g/mol. The number of fused-ring (bicyclic) bond motifs is 2. The smallest absolute Gasteiger partial charge is 0.208 e. The number of hydrogen-bond acceptors (Lipinski definition) is 3. The van der Waals surface area contributed by atoms with Gasteiger partial charge < -0.3 is 5.32 Å². The number of hydrogen-bond donors (Lipinski definition) is 2. The maximum absolute atomic E-state index is 11.0. The van der Waals surface area contributed by atoms with Crippen molar-refractivity contribution in [3.63, 3.8) is 0 Å². The lowest BCUT2D eigenvalue weighted by Gasteiger charge is -2.28. The van der Waals surface area contributed by atoms with Gasteiger partial charge in [0.15, 0.2) is 0 Å². The fourth-order valence-electron chi connectivity index (χ4n) is 2.46. The lowest BCUT2D eigenvalue weighted by Crippen LogP contribution is -2.47. The first kappa shape index (κ1) is 12.2. The lowest BCUT2D eigenvalue weighted by molar-refractivity contribution is 0.345. The van der Waals surface area contributed by atoms with Crippen LogP contribution < -0.4 is 10.0 Å². The molecular formula is C8H17ClN2O2S. The van der Waals surface area contributed by atoms with E-state index in [-0.39, 0.29) is 18.4 Å². The van der Waals surface area contributed by atoms with E-state index in [0.717, 1.165) is 12.8 Å². The van der Waals surface area contributed by atoms with Crippen LogP contribution in [0, 0.1) is 0 Å². The zero-order valence-electron chi connectivity index (χ0n) is 8.19. The summed E-state index contributed by atoms with van der Waals surface area (Å²) in [4.78, 5) is 0. The van der Waals surface area contributed by atoms with Crippen molar-refractivity contribution in [2.24, 2.45) is 0 Å². The Morgan fingerprint density at radius 2 is 1.71 bits per heavy atom. The first-order valence-corrected chi connectivity index (χ1v) is 6.65. The maximum atomic E-state index is 11.0. The first-order valence-electron chi connectivity index (χ1n) is 4.76. The molecule has 2 heterocycles. The summed E-state index contributed by atoms with van der Waals surface area (Å²) in [6, 6.07) is 1.24. The van der Waals surface area contributed by atoms with Crippen LogP contribution in [0.5, 0.6) is 0 Å². The summed E-state index contributed by atoms with van der Waals surface area (Å²) >= 11 is 0. The van der Waals surface area contributed by atoms with Gasteiger partial charge in [0.2, 0.25) is 10.0 Å². The topological polar surface area (TPSA) is 58.2 Å². The van der Waals surface area contributed by atoms with E-state index in [1.165, 1.54) is 19.1 Å². The van der Waals surface area contributed by atoms with Crippen molar-refractivity contribution in [2.75, 3.05) is 6.26 Å². The van der Waals surface area contributed by atoms with E-state index in [1.807, 2.05) is 0 Å². The molecule has 0 saturated carbocycles. The lowest BCUT2D eigenvalue weighted by atomic mass is 10.0. The van der Waals surface area contributed by atoms with Gasteiger partial charge in [-0.1, -0.05) is 0 Å². The molecule has 0 aromatic rings.